The molecule has 2 aromatic carbocycles. The molecule has 0 saturated heterocycles. The van der Waals surface area contributed by atoms with Gasteiger partial charge in [0.2, 0.25) is 5.91 Å². The van der Waals surface area contributed by atoms with Crippen molar-refractivity contribution in [1.29, 1.82) is 0 Å². The third-order valence-electron chi connectivity index (χ3n) is 4.29. The normalized spacial score (nSPS) is 10.9. The molecule has 0 saturated carbocycles. The lowest BCUT2D eigenvalue weighted by atomic mass is 10.1. The van der Waals surface area contributed by atoms with Gasteiger partial charge in [-0.15, -0.1) is 11.3 Å². The average Bonchev–Trinajstić information content (AvgIpc) is 3.19. The van der Waals surface area contributed by atoms with Crippen molar-refractivity contribution in [2.45, 2.75) is 11.9 Å². The Balaban J connectivity index is 1.54. The third-order valence-corrected chi connectivity index (χ3v) is 6.70. The predicted octanol–water partition coefficient (Wildman–Crippen LogP) is 6.25. The van der Waals surface area contributed by atoms with Crippen molar-refractivity contribution in [3.63, 3.8) is 0 Å². The number of nitrogens with zero attached hydrogens (tertiary/aromatic N) is 2. The molecule has 1 N–H and O–H groups in total. The Morgan fingerprint density at radius 1 is 1.17 bits per heavy atom. The van der Waals surface area contributed by atoms with Crippen LogP contribution in [0.3, 0.4) is 0 Å². The molecule has 0 aliphatic heterocycles. The molecular weight excluding hydrogens is 482 g/mol. The number of halogens is 1. The average molecular weight is 500 g/mol. The second-order valence-corrected chi connectivity index (χ2v) is 9.02. The molecule has 0 radical (unpaired) electrons. The van der Waals surface area contributed by atoms with Gasteiger partial charge in [-0.3, -0.25) is 4.79 Å². The summed E-state index contributed by atoms with van der Waals surface area (Å²) >= 11 is 6.46. The van der Waals surface area contributed by atoms with E-state index in [1.807, 2.05) is 43.3 Å². The summed E-state index contributed by atoms with van der Waals surface area (Å²) in [7, 11) is 0. The minimum Gasteiger partial charge on any atom is -0.492 e. The van der Waals surface area contributed by atoms with Crippen molar-refractivity contribution in [3.05, 3.63) is 64.7 Å². The Bertz CT molecular complexity index is 1180. The Labute approximate surface area is 191 Å². The molecule has 0 atom stereocenters. The van der Waals surface area contributed by atoms with Crippen LogP contribution in [0.1, 0.15) is 6.92 Å². The number of rotatable bonds is 7. The molecular formula is C22H18BrN3O2S2. The molecule has 0 spiro atoms. The maximum atomic E-state index is 12.6. The van der Waals surface area contributed by atoms with E-state index in [1.165, 1.54) is 11.8 Å². The molecule has 8 heteroatoms. The van der Waals surface area contributed by atoms with Crippen LogP contribution in [0.4, 0.5) is 5.69 Å². The molecule has 0 fully saturated rings. The second-order valence-electron chi connectivity index (χ2n) is 6.28. The molecule has 0 unspecified atom stereocenters. The van der Waals surface area contributed by atoms with Crippen molar-refractivity contribution >= 4 is 60.8 Å². The first kappa shape index (κ1) is 20.8. The Morgan fingerprint density at radius 3 is 2.77 bits per heavy atom. The van der Waals surface area contributed by atoms with Crippen molar-refractivity contribution in [1.82, 2.24) is 9.97 Å². The van der Waals surface area contributed by atoms with E-state index >= 15 is 0 Å². The molecule has 4 aromatic rings. The minimum absolute atomic E-state index is 0.112. The van der Waals surface area contributed by atoms with Crippen LogP contribution < -0.4 is 10.1 Å². The monoisotopic (exact) mass is 499 g/mol. The summed E-state index contributed by atoms with van der Waals surface area (Å²) in [5.74, 6) is 0.792. The highest BCUT2D eigenvalue weighted by molar-refractivity contribution is 9.10. The van der Waals surface area contributed by atoms with Crippen LogP contribution >= 0.6 is 39.0 Å². The van der Waals surface area contributed by atoms with Gasteiger partial charge in [0.25, 0.3) is 0 Å². The highest BCUT2D eigenvalue weighted by Gasteiger charge is 2.15. The maximum absolute atomic E-state index is 12.6. The summed E-state index contributed by atoms with van der Waals surface area (Å²) in [6.45, 7) is 2.45. The molecule has 4 rings (SSSR count). The van der Waals surface area contributed by atoms with Gasteiger partial charge < -0.3 is 10.1 Å². The van der Waals surface area contributed by atoms with Gasteiger partial charge in [-0.2, -0.15) is 0 Å². The van der Waals surface area contributed by atoms with Gasteiger partial charge in [0, 0.05) is 15.4 Å². The number of ether oxygens (including phenoxy) is 1. The van der Waals surface area contributed by atoms with E-state index in [4.69, 9.17) is 4.74 Å². The quantitative estimate of drug-likeness (QED) is 0.240. The fourth-order valence-corrected chi connectivity index (χ4v) is 5.03. The van der Waals surface area contributed by atoms with E-state index in [9.17, 15) is 4.79 Å². The number of benzene rings is 2. The number of hydrogen-bond donors (Lipinski definition) is 1. The van der Waals surface area contributed by atoms with Crippen molar-refractivity contribution in [2.24, 2.45) is 0 Å². The van der Waals surface area contributed by atoms with Gasteiger partial charge >= 0.3 is 0 Å². The largest absolute Gasteiger partial charge is 0.492 e. The van der Waals surface area contributed by atoms with E-state index in [0.29, 0.717) is 18.0 Å². The van der Waals surface area contributed by atoms with E-state index in [2.05, 4.69) is 48.7 Å². The number of thioether (sulfide) groups is 1. The highest BCUT2D eigenvalue weighted by Crippen LogP contribution is 2.38. The summed E-state index contributed by atoms with van der Waals surface area (Å²) in [5.41, 5.74) is 2.84. The summed E-state index contributed by atoms with van der Waals surface area (Å²) in [6.07, 6.45) is 1.55. The van der Waals surface area contributed by atoms with E-state index < -0.39 is 0 Å². The van der Waals surface area contributed by atoms with Gasteiger partial charge in [0.15, 0.2) is 0 Å². The number of amides is 1. The zero-order valence-electron chi connectivity index (χ0n) is 16.1. The number of anilines is 1. The van der Waals surface area contributed by atoms with Gasteiger partial charge in [0.05, 0.1) is 23.4 Å². The molecule has 2 aromatic heterocycles. The molecule has 5 nitrogen and oxygen atoms in total. The first-order chi connectivity index (χ1) is 14.7. The first-order valence-corrected chi connectivity index (χ1v) is 11.9. The Morgan fingerprint density at radius 2 is 1.97 bits per heavy atom. The van der Waals surface area contributed by atoms with E-state index in [0.717, 1.165) is 30.8 Å². The lowest BCUT2D eigenvalue weighted by Gasteiger charge is -2.11. The number of thiophene rings is 1. The smallest absolute Gasteiger partial charge is 0.234 e. The topological polar surface area (TPSA) is 64.1 Å². The number of para-hydroxylation sites is 2. The van der Waals surface area contributed by atoms with Gasteiger partial charge in [0.1, 0.15) is 21.9 Å². The fourth-order valence-electron chi connectivity index (χ4n) is 2.97. The zero-order chi connectivity index (χ0) is 20.9. The van der Waals surface area contributed by atoms with E-state index in [-0.39, 0.29) is 11.7 Å². The summed E-state index contributed by atoms with van der Waals surface area (Å²) < 4.78 is 6.61. The number of fused-ring (bicyclic) bond motifs is 1. The van der Waals surface area contributed by atoms with E-state index in [1.54, 1.807) is 17.7 Å². The SMILES string of the molecule is CCOc1ccccc1NC(=O)CSc1ncnc2scc(-c3ccc(Br)cc3)c12. The number of carbonyl (C=O) groups is 1. The van der Waals surface area contributed by atoms with Crippen LogP contribution in [0.25, 0.3) is 21.3 Å². The van der Waals surface area contributed by atoms with Gasteiger partial charge in [-0.1, -0.05) is 52.0 Å². The molecule has 0 aliphatic rings. The van der Waals surface area contributed by atoms with Crippen molar-refractivity contribution in [3.8, 4) is 16.9 Å². The van der Waals surface area contributed by atoms with Crippen molar-refractivity contribution < 1.29 is 9.53 Å². The molecule has 30 heavy (non-hydrogen) atoms. The minimum atomic E-state index is -0.112. The zero-order valence-corrected chi connectivity index (χ0v) is 19.3. The van der Waals surface area contributed by atoms with Gasteiger partial charge in [-0.25, -0.2) is 9.97 Å². The molecule has 1 amide bonds. The molecule has 0 bridgehead atoms. The van der Waals surface area contributed by atoms with Crippen LogP contribution in [-0.4, -0.2) is 28.2 Å². The first-order valence-electron chi connectivity index (χ1n) is 9.28. The standard InChI is InChI=1S/C22H18BrN3O2S2/c1-2-28-18-6-4-3-5-17(18)26-19(27)12-30-22-20-16(11-29-21(20)24-13-25-22)14-7-9-15(23)10-8-14/h3-11,13H,2,12H2,1H3,(H,26,27). The molecule has 2 heterocycles. The number of carbonyl (C=O) groups excluding carboxylic acids is 1. The Hall–Kier alpha value is -2.42. The molecule has 0 aliphatic carbocycles. The fraction of sp³-hybridized carbons (Fsp3) is 0.136. The van der Waals surface area contributed by atoms with Crippen LogP contribution in [-0.2, 0) is 4.79 Å². The predicted molar refractivity (Wildman–Crippen MR) is 128 cm³/mol. The van der Waals surface area contributed by atoms with Crippen LogP contribution in [0.15, 0.2) is 69.7 Å². The lowest BCUT2D eigenvalue weighted by Crippen LogP contribution is -2.15. The maximum Gasteiger partial charge on any atom is 0.234 e. The number of aromatic nitrogens is 2. The summed E-state index contributed by atoms with van der Waals surface area (Å²) in [4.78, 5) is 22.3. The molecule has 152 valence electrons. The van der Waals surface area contributed by atoms with Crippen LogP contribution in [0.5, 0.6) is 5.75 Å². The van der Waals surface area contributed by atoms with Crippen molar-refractivity contribution in [2.75, 3.05) is 17.7 Å². The lowest BCUT2D eigenvalue weighted by molar-refractivity contribution is -0.113. The Kier molecular flexibility index (Phi) is 6.66. The highest BCUT2D eigenvalue weighted by atomic mass is 79.9. The van der Waals surface area contributed by atoms with Crippen LogP contribution in [0.2, 0.25) is 0 Å². The number of hydrogen-bond acceptors (Lipinski definition) is 6. The number of nitrogens with one attached hydrogen (secondary N) is 1. The van der Waals surface area contributed by atoms with Gasteiger partial charge in [-0.05, 0) is 36.8 Å². The summed E-state index contributed by atoms with van der Waals surface area (Å²) in [5, 5.41) is 6.80. The third kappa shape index (κ3) is 4.66. The second kappa shape index (κ2) is 9.59. The van der Waals surface area contributed by atoms with Crippen LogP contribution in [0, 0.1) is 0 Å². The summed E-state index contributed by atoms with van der Waals surface area (Å²) in [6, 6.07) is 15.6.